The first kappa shape index (κ1) is 9.64. The molecule has 0 N–H and O–H groups in total. The average molecular weight is 208 g/mol. The highest BCUT2D eigenvalue weighted by Gasteiger charge is 2.42. The number of nitrogens with zero attached hydrogens (tertiary/aromatic N) is 2. The first-order chi connectivity index (χ1) is 7.40. The summed E-state index contributed by atoms with van der Waals surface area (Å²) in [5.41, 5.74) is 0. The van der Waals surface area contributed by atoms with Crippen molar-refractivity contribution in [3.63, 3.8) is 0 Å². The first-order valence-corrected chi connectivity index (χ1v) is 6.37. The van der Waals surface area contributed by atoms with E-state index in [1.807, 2.05) is 4.90 Å². The van der Waals surface area contributed by atoms with Gasteiger partial charge in [0.05, 0.1) is 0 Å². The fourth-order valence-electron chi connectivity index (χ4n) is 3.56. The Morgan fingerprint density at radius 3 is 2.33 bits per heavy atom. The maximum atomic E-state index is 11.0. The van der Waals surface area contributed by atoms with Gasteiger partial charge in [-0.15, -0.1) is 0 Å². The smallest absolute Gasteiger partial charge is 0.210 e. The summed E-state index contributed by atoms with van der Waals surface area (Å²) in [4.78, 5) is 15.7. The molecule has 0 spiro atoms. The third-order valence-electron chi connectivity index (χ3n) is 4.59. The van der Waals surface area contributed by atoms with Crippen LogP contribution in [0.15, 0.2) is 0 Å². The van der Waals surface area contributed by atoms with Crippen LogP contribution in [0.5, 0.6) is 0 Å². The predicted octanol–water partition coefficient (Wildman–Crippen LogP) is 1.23. The van der Waals surface area contributed by atoms with E-state index < -0.39 is 0 Å². The molecule has 2 unspecified atom stereocenters. The molecule has 84 valence electrons. The van der Waals surface area contributed by atoms with Gasteiger partial charge in [0.25, 0.3) is 0 Å². The SMILES string of the molecule is O=CN1CCN(C2CCC2)C2CCCC21. The highest BCUT2D eigenvalue weighted by Crippen LogP contribution is 2.36. The monoisotopic (exact) mass is 208 g/mol. The van der Waals surface area contributed by atoms with E-state index >= 15 is 0 Å². The molecule has 0 aromatic heterocycles. The highest BCUT2D eigenvalue weighted by atomic mass is 16.1. The van der Waals surface area contributed by atoms with Crippen molar-refractivity contribution >= 4 is 6.41 Å². The van der Waals surface area contributed by atoms with Crippen molar-refractivity contribution in [2.24, 2.45) is 0 Å². The minimum Gasteiger partial charge on any atom is -0.339 e. The van der Waals surface area contributed by atoms with Gasteiger partial charge in [-0.2, -0.15) is 0 Å². The molecule has 2 atom stereocenters. The molecular weight excluding hydrogens is 188 g/mol. The van der Waals surface area contributed by atoms with Crippen LogP contribution < -0.4 is 0 Å². The largest absolute Gasteiger partial charge is 0.339 e. The summed E-state index contributed by atoms with van der Waals surface area (Å²) in [7, 11) is 0. The minimum absolute atomic E-state index is 0.539. The lowest BCUT2D eigenvalue weighted by Gasteiger charge is -2.49. The van der Waals surface area contributed by atoms with Gasteiger partial charge in [-0.1, -0.05) is 6.42 Å². The van der Waals surface area contributed by atoms with Gasteiger partial charge in [0.1, 0.15) is 0 Å². The molecule has 3 fully saturated rings. The van der Waals surface area contributed by atoms with E-state index in [9.17, 15) is 4.79 Å². The van der Waals surface area contributed by atoms with Crippen molar-refractivity contribution in [3.8, 4) is 0 Å². The Kier molecular flexibility index (Phi) is 2.43. The number of hydrogen-bond donors (Lipinski definition) is 0. The zero-order valence-electron chi connectivity index (χ0n) is 9.27. The lowest BCUT2D eigenvalue weighted by atomic mass is 9.88. The molecule has 1 heterocycles. The summed E-state index contributed by atoms with van der Waals surface area (Å²) in [6, 6.07) is 2.08. The van der Waals surface area contributed by atoms with Gasteiger partial charge in [0.2, 0.25) is 6.41 Å². The van der Waals surface area contributed by atoms with E-state index in [0.717, 1.165) is 25.5 Å². The van der Waals surface area contributed by atoms with Crippen molar-refractivity contribution in [2.75, 3.05) is 13.1 Å². The van der Waals surface area contributed by atoms with Gasteiger partial charge >= 0.3 is 0 Å². The molecule has 0 aromatic carbocycles. The first-order valence-electron chi connectivity index (χ1n) is 6.37. The Morgan fingerprint density at radius 1 is 0.933 bits per heavy atom. The second-order valence-corrected chi connectivity index (χ2v) is 5.23. The molecule has 3 heteroatoms. The summed E-state index contributed by atoms with van der Waals surface area (Å²) in [5.74, 6) is 0. The number of carbonyl (C=O) groups is 1. The molecule has 2 aliphatic carbocycles. The van der Waals surface area contributed by atoms with Gasteiger partial charge in [0, 0.05) is 31.2 Å². The number of amides is 1. The van der Waals surface area contributed by atoms with Crippen LogP contribution in [-0.2, 0) is 4.79 Å². The maximum absolute atomic E-state index is 11.0. The van der Waals surface area contributed by atoms with Gasteiger partial charge in [0.15, 0.2) is 0 Å². The Bertz CT molecular complexity index is 252. The van der Waals surface area contributed by atoms with Gasteiger partial charge < -0.3 is 4.90 Å². The molecule has 3 aliphatic rings. The van der Waals surface area contributed by atoms with Crippen LogP contribution in [0.2, 0.25) is 0 Å². The highest BCUT2D eigenvalue weighted by molar-refractivity contribution is 5.48. The van der Waals surface area contributed by atoms with Crippen molar-refractivity contribution < 1.29 is 4.79 Å². The van der Waals surface area contributed by atoms with Crippen molar-refractivity contribution in [2.45, 2.75) is 56.7 Å². The fourth-order valence-corrected chi connectivity index (χ4v) is 3.56. The number of piperazine rings is 1. The number of fused-ring (bicyclic) bond motifs is 1. The summed E-state index contributed by atoms with van der Waals surface area (Å²) in [6.45, 7) is 2.08. The van der Waals surface area contributed by atoms with Gasteiger partial charge in [-0.25, -0.2) is 0 Å². The Hall–Kier alpha value is -0.570. The molecule has 3 rings (SSSR count). The molecule has 1 aliphatic heterocycles. The van der Waals surface area contributed by atoms with Crippen molar-refractivity contribution in [1.29, 1.82) is 0 Å². The van der Waals surface area contributed by atoms with Crippen LogP contribution in [0.3, 0.4) is 0 Å². The Morgan fingerprint density at radius 2 is 1.67 bits per heavy atom. The standard InChI is InChI=1S/C12H20N2O/c15-9-13-7-8-14(10-3-1-4-10)12-6-2-5-11(12)13/h9-12H,1-8H2. The summed E-state index contributed by atoms with van der Waals surface area (Å²) >= 11 is 0. The third-order valence-corrected chi connectivity index (χ3v) is 4.59. The normalized spacial score (nSPS) is 37.5. The summed E-state index contributed by atoms with van der Waals surface area (Å²) in [5, 5.41) is 0. The van der Waals surface area contributed by atoms with Crippen molar-refractivity contribution in [3.05, 3.63) is 0 Å². The predicted molar refractivity (Wildman–Crippen MR) is 58.5 cm³/mol. The van der Waals surface area contributed by atoms with E-state index in [2.05, 4.69) is 4.90 Å². The van der Waals surface area contributed by atoms with Crippen LogP contribution in [0, 0.1) is 0 Å². The zero-order chi connectivity index (χ0) is 10.3. The molecule has 0 radical (unpaired) electrons. The van der Waals surface area contributed by atoms with Gasteiger partial charge in [-0.05, 0) is 32.1 Å². The third kappa shape index (κ3) is 1.48. The fraction of sp³-hybridized carbons (Fsp3) is 0.917. The second kappa shape index (κ2) is 3.78. The summed E-state index contributed by atoms with van der Waals surface area (Å²) < 4.78 is 0. The van der Waals surface area contributed by atoms with Crippen LogP contribution in [0.1, 0.15) is 38.5 Å². The average Bonchev–Trinajstić information content (AvgIpc) is 2.64. The number of carbonyl (C=O) groups excluding carboxylic acids is 1. The van der Waals surface area contributed by atoms with E-state index in [1.54, 1.807) is 0 Å². The van der Waals surface area contributed by atoms with Crippen LogP contribution in [0.4, 0.5) is 0 Å². The molecule has 0 bridgehead atoms. The topological polar surface area (TPSA) is 23.6 Å². The van der Waals surface area contributed by atoms with E-state index in [0.29, 0.717) is 12.1 Å². The molecule has 1 amide bonds. The molecule has 2 saturated carbocycles. The molecule has 15 heavy (non-hydrogen) atoms. The molecule has 1 saturated heterocycles. The molecule has 3 nitrogen and oxygen atoms in total. The number of hydrogen-bond acceptors (Lipinski definition) is 2. The molecular formula is C12H20N2O. The quantitative estimate of drug-likeness (QED) is 0.637. The van der Waals surface area contributed by atoms with Crippen molar-refractivity contribution in [1.82, 2.24) is 9.80 Å². The molecule has 0 aromatic rings. The van der Waals surface area contributed by atoms with Crippen LogP contribution in [-0.4, -0.2) is 47.4 Å². The van der Waals surface area contributed by atoms with E-state index in [-0.39, 0.29) is 0 Å². The zero-order valence-corrected chi connectivity index (χ0v) is 9.27. The lowest BCUT2D eigenvalue weighted by molar-refractivity contribution is -0.125. The second-order valence-electron chi connectivity index (χ2n) is 5.23. The van der Waals surface area contributed by atoms with E-state index in [4.69, 9.17) is 0 Å². The Labute approximate surface area is 91.4 Å². The number of rotatable bonds is 2. The van der Waals surface area contributed by atoms with E-state index in [1.165, 1.54) is 38.5 Å². The van der Waals surface area contributed by atoms with Crippen LogP contribution >= 0.6 is 0 Å². The van der Waals surface area contributed by atoms with Gasteiger partial charge in [-0.3, -0.25) is 9.69 Å². The minimum atomic E-state index is 0.539. The maximum Gasteiger partial charge on any atom is 0.210 e. The van der Waals surface area contributed by atoms with Crippen LogP contribution in [0.25, 0.3) is 0 Å². The lowest BCUT2D eigenvalue weighted by Crippen LogP contribution is -2.60. The summed E-state index contributed by atoms with van der Waals surface area (Å²) in [6.07, 6.45) is 9.12. The Balaban J connectivity index is 1.74.